The highest BCUT2D eigenvalue weighted by Gasteiger charge is 2.20. The van der Waals surface area contributed by atoms with Crippen LogP contribution in [0.15, 0.2) is 54.7 Å². The van der Waals surface area contributed by atoms with Crippen LogP contribution in [0.2, 0.25) is 0 Å². The Balaban J connectivity index is 1.52. The first-order chi connectivity index (χ1) is 13.6. The molecule has 7 nitrogen and oxygen atoms in total. The third-order valence-electron chi connectivity index (χ3n) is 4.52. The Morgan fingerprint density at radius 1 is 1.14 bits per heavy atom. The number of para-hydroxylation sites is 1. The molecular formula is C21H23N3O4. The second-order valence-electron chi connectivity index (χ2n) is 6.44. The van der Waals surface area contributed by atoms with Crippen LogP contribution in [0.4, 0.5) is 5.69 Å². The lowest BCUT2D eigenvalue weighted by atomic mass is 10.1. The van der Waals surface area contributed by atoms with Gasteiger partial charge in [-0.05, 0) is 42.3 Å². The highest BCUT2D eigenvalue weighted by atomic mass is 16.5. The quantitative estimate of drug-likeness (QED) is 0.456. The number of nitrogens with one attached hydrogen (secondary N) is 3. The van der Waals surface area contributed by atoms with E-state index < -0.39 is 12.0 Å². The van der Waals surface area contributed by atoms with Gasteiger partial charge in [-0.25, -0.2) is 0 Å². The van der Waals surface area contributed by atoms with Gasteiger partial charge in [-0.3, -0.25) is 9.59 Å². The number of aromatic amines is 1. The number of carboxylic acid groups (broad SMARTS) is 1. The van der Waals surface area contributed by atoms with E-state index in [0.29, 0.717) is 24.4 Å². The van der Waals surface area contributed by atoms with Gasteiger partial charge in [0.1, 0.15) is 11.8 Å². The number of aliphatic carboxylic acids is 1. The van der Waals surface area contributed by atoms with Crippen LogP contribution in [0, 0.1) is 0 Å². The van der Waals surface area contributed by atoms with Gasteiger partial charge in [0, 0.05) is 29.3 Å². The Morgan fingerprint density at radius 3 is 2.61 bits per heavy atom. The van der Waals surface area contributed by atoms with Crippen LogP contribution in [0.3, 0.4) is 0 Å². The van der Waals surface area contributed by atoms with Gasteiger partial charge in [0.15, 0.2) is 0 Å². The molecule has 3 rings (SSSR count). The number of methoxy groups -OCH3 is 1. The second-order valence-corrected chi connectivity index (χ2v) is 6.44. The Hall–Kier alpha value is -3.32. The number of ether oxygens (including phenoxy) is 1. The molecular weight excluding hydrogens is 358 g/mol. The minimum absolute atomic E-state index is 0.157. The van der Waals surface area contributed by atoms with Crippen molar-refractivity contribution in [3.8, 4) is 5.75 Å². The van der Waals surface area contributed by atoms with Crippen molar-refractivity contribution in [2.45, 2.75) is 18.9 Å². The molecule has 1 heterocycles. The number of amides is 1. The van der Waals surface area contributed by atoms with Crippen LogP contribution in [0.1, 0.15) is 12.0 Å². The number of H-pyrrole nitrogens is 1. The molecule has 146 valence electrons. The molecule has 0 unspecified atom stereocenters. The number of hydrogen-bond acceptors (Lipinski definition) is 4. The van der Waals surface area contributed by atoms with Gasteiger partial charge in [-0.1, -0.05) is 18.2 Å². The number of aromatic nitrogens is 1. The number of rotatable bonds is 9. The zero-order valence-corrected chi connectivity index (χ0v) is 15.6. The molecule has 1 amide bonds. The number of carbonyl (C=O) groups excluding carboxylic acids is 1. The van der Waals surface area contributed by atoms with E-state index in [1.165, 1.54) is 0 Å². The van der Waals surface area contributed by atoms with E-state index in [9.17, 15) is 14.7 Å². The molecule has 1 atom stereocenters. The van der Waals surface area contributed by atoms with Gasteiger partial charge in [0.25, 0.3) is 0 Å². The molecule has 4 N–H and O–H groups in total. The molecule has 0 saturated carbocycles. The van der Waals surface area contributed by atoms with Gasteiger partial charge < -0.3 is 25.5 Å². The average molecular weight is 381 g/mol. The summed E-state index contributed by atoms with van der Waals surface area (Å²) in [6, 6.07) is 13.9. The highest BCUT2D eigenvalue weighted by Crippen LogP contribution is 2.18. The molecule has 0 spiro atoms. The predicted octanol–water partition coefficient (Wildman–Crippen LogP) is 2.79. The first-order valence-electron chi connectivity index (χ1n) is 9.02. The molecule has 0 saturated heterocycles. The summed E-state index contributed by atoms with van der Waals surface area (Å²) in [6.45, 7) is 0.453. The van der Waals surface area contributed by atoms with Gasteiger partial charge in [-0.15, -0.1) is 0 Å². The Morgan fingerprint density at radius 2 is 1.89 bits per heavy atom. The fourth-order valence-corrected chi connectivity index (χ4v) is 3.04. The normalized spacial score (nSPS) is 11.9. The summed E-state index contributed by atoms with van der Waals surface area (Å²) in [7, 11) is 1.56. The maximum atomic E-state index is 12.2. The van der Waals surface area contributed by atoms with Crippen LogP contribution >= 0.6 is 0 Å². The summed E-state index contributed by atoms with van der Waals surface area (Å²) in [5, 5.41) is 16.2. The lowest BCUT2D eigenvalue weighted by Crippen LogP contribution is -2.40. The number of carboxylic acids is 1. The fraction of sp³-hybridized carbons (Fsp3) is 0.238. The number of fused-ring (bicyclic) bond motifs is 1. The predicted molar refractivity (Wildman–Crippen MR) is 108 cm³/mol. The Kier molecular flexibility index (Phi) is 6.29. The van der Waals surface area contributed by atoms with E-state index in [1.807, 2.05) is 30.5 Å². The minimum Gasteiger partial charge on any atom is -0.497 e. The zero-order chi connectivity index (χ0) is 19.9. The van der Waals surface area contributed by atoms with Crippen molar-refractivity contribution < 1.29 is 19.4 Å². The van der Waals surface area contributed by atoms with Crippen LogP contribution in [-0.4, -0.2) is 41.7 Å². The summed E-state index contributed by atoms with van der Waals surface area (Å²) in [5.74, 6) is -0.735. The topological polar surface area (TPSA) is 103 Å². The summed E-state index contributed by atoms with van der Waals surface area (Å²) in [6.07, 6.45) is 2.43. The maximum absolute atomic E-state index is 12.2. The molecule has 0 bridgehead atoms. The number of anilines is 1. The van der Waals surface area contributed by atoms with Crippen LogP contribution in [0.5, 0.6) is 5.75 Å². The zero-order valence-electron chi connectivity index (χ0n) is 15.6. The fourth-order valence-electron chi connectivity index (χ4n) is 3.04. The monoisotopic (exact) mass is 381 g/mol. The van der Waals surface area contributed by atoms with Crippen molar-refractivity contribution >= 4 is 28.5 Å². The SMILES string of the molecule is COc1ccc(NC(=O)C[C@@H](NCCc2c[nH]c3ccccc23)C(=O)O)cc1. The molecule has 0 radical (unpaired) electrons. The van der Waals surface area contributed by atoms with Crippen molar-refractivity contribution in [1.82, 2.24) is 10.3 Å². The van der Waals surface area contributed by atoms with E-state index in [2.05, 4.69) is 15.6 Å². The third-order valence-corrected chi connectivity index (χ3v) is 4.52. The molecule has 0 fully saturated rings. The standard InChI is InChI=1S/C21H23N3O4/c1-28-16-8-6-15(7-9-16)24-20(25)12-19(21(26)27)22-11-10-14-13-23-18-5-3-2-4-17(14)18/h2-9,13,19,22-23H,10-12H2,1H3,(H,24,25)(H,26,27)/t19-/m1/s1. The average Bonchev–Trinajstić information content (AvgIpc) is 3.11. The van der Waals surface area contributed by atoms with Crippen molar-refractivity contribution in [1.29, 1.82) is 0 Å². The van der Waals surface area contributed by atoms with E-state index in [0.717, 1.165) is 16.5 Å². The van der Waals surface area contributed by atoms with Crippen molar-refractivity contribution in [2.24, 2.45) is 0 Å². The van der Waals surface area contributed by atoms with E-state index in [4.69, 9.17) is 4.74 Å². The molecule has 0 aliphatic carbocycles. The largest absolute Gasteiger partial charge is 0.497 e. The lowest BCUT2D eigenvalue weighted by molar-refractivity contribution is -0.141. The van der Waals surface area contributed by atoms with Gasteiger partial charge in [-0.2, -0.15) is 0 Å². The highest BCUT2D eigenvalue weighted by molar-refractivity contribution is 5.94. The summed E-state index contributed by atoms with van der Waals surface area (Å²) in [4.78, 5) is 26.9. The second kappa shape index (κ2) is 9.05. The summed E-state index contributed by atoms with van der Waals surface area (Å²) >= 11 is 0. The van der Waals surface area contributed by atoms with Gasteiger partial charge in [0.05, 0.1) is 13.5 Å². The smallest absolute Gasteiger partial charge is 0.321 e. The number of hydrogen-bond donors (Lipinski definition) is 4. The van der Waals surface area contributed by atoms with Gasteiger partial charge in [0.2, 0.25) is 5.91 Å². The number of carbonyl (C=O) groups is 2. The minimum atomic E-state index is -1.05. The van der Waals surface area contributed by atoms with Crippen molar-refractivity contribution in [3.63, 3.8) is 0 Å². The first kappa shape index (κ1) is 19.4. The Labute approximate surface area is 162 Å². The molecule has 2 aromatic carbocycles. The summed E-state index contributed by atoms with van der Waals surface area (Å²) in [5.41, 5.74) is 2.75. The Bertz CT molecular complexity index is 950. The van der Waals surface area contributed by atoms with Crippen LogP contribution in [0.25, 0.3) is 10.9 Å². The summed E-state index contributed by atoms with van der Waals surface area (Å²) < 4.78 is 5.07. The molecule has 0 aliphatic heterocycles. The van der Waals surface area contributed by atoms with E-state index in [1.54, 1.807) is 31.4 Å². The maximum Gasteiger partial charge on any atom is 0.321 e. The van der Waals surface area contributed by atoms with E-state index in [-0.39, 0.29) is 12.3 Å². The number of benzene rings is 2. The third kappa shape index (κ3) is 4.89. The van der Waals surface area contributed by atoms with Gasteiger partial charge >= 0.3 is 5.97 Å². The first-order valence-corrected chi connectivity index (χ1v) is 9.02. The van der Waals surface area contributed by atoms with Crippen LogP contribution in [-0.2, 0) is 16.0 Å². The van der Waals surface area contributed by atoms with Crippen LogP contribution < -0.4 is 15.4 Å². The van der Waals surface area contributed by atoms with E-state index >= 15 is 0 Å². The molecule has 3 aromatic rings. The van der Waals surface area contributed by atoms with Crippen molar-refractivity contribution in [3.05, 3.63) is 60.3 Å². The molecule has 7 heteroatoms. The molecule has 0 aliphatic rings. The van der Waals surface area contributed by atoms with Crippen molar-refractivity contribution in [2.75, 3.05) is 19.0 Å². The lowest BCUT2D eigenvalue weighted by Gasteiger charge is -2.14. The molecule has 28 heavy (non-hydrogen) atoms. The molecule has 1 aromatic heterocycles.